The van der Waals surface area contributed by atoms with Crippen LogP contribution < -0.4 is 4.52 Å². The van der Waals surface area contributed by atoms with Crippen LogP contribution in [0.25, 0.3) is 0 Å². The standard InChI is InChI=1S/C8H6F2NO3P/c9-15(10,13)14-8-3-1-7(2-4-8)5-11-6-12/h1-4H,5H2. The second-order valence-corrected chi connectivity index (χ2v) is 3.57. The van der Waals surface area contributed by atoms with E-state index in [2.05, 4.69) is 9.52 Å². The highest BCUT2D eigenvalue weighted by atomic mass is 31.2. The molecule has 0 atom stereocenters. The molecule has 1 aromatic rings. The van der Waals surface area contributed by atoms with Crippen molar-refractivity contribution in [3.8, 4) is 5.75 Å². The number of nitrogens with zero attached hydrogens (tertiary/aromatic N) is 1. The zero-order chi connectivity index (χ0) is 11.3. The molecule has 0 spiro atoms. The highest BCUT2D eigenvalue weighted by Crippen LogP contribution is 2.50. The molecule has 7 heteroatoms. The number of rotatable bonds is 4. The van der Waals surface area contributed by atoms with E-state index in [1.54, 1.807) is 0 Å². The maximum Gasteiger partial charge on any atom is 0.610 e. The topological polar surface area (TPSA) is 55.7 Å². The Morgan fingerprint density at radius 1 is 1.33 bits per heavy atom. The fraction of sp³-hybridized carbons (Fsp3) is 0.125. The lowest BCUT2D eigenvalue weighted by atomic mass is 10.2. The molecule has 0 heterocycles. The van der Waals surface area contributed by atoms with Crippen LogP contribution >= 0.6 is 7.99 Å². The first-order valence-electron chi connectivity index (χ1n) is 3.83. The predicted octanol–water partition coefficient (Wildman–Crippen LogP) is 2.95. The number of hydrogen-bond donors (Lipinski definition) is 0. The van der Waals surface area contributed by atoms with Crippen molar-refractivity contribution in [2.75, 3.05) is 0 Å². The van der Waals surface area contributed by atoms with E-state index in [-0.39, 0.29) is 12.3 Å². The van der Waals surface area contributed by atoms with Gasteiger partial charge in [-0.2, -0.15) is 0 Å². The number of halogens is 2. The molecule has 0 fully saturated rings. The minimum atomic E-state index is -5.51. The zero-order valence-electron chi connectivity index (χ0n) is 7.39. The molecule has 1 rings (SSSR count). The van der Waals surface area contributed by atoms with Gasteiger partial charge in [-0.15, -0.1) is 8.39 Å². The molecule has 0 aliphatic heterocycles. The van der Waals surface area contributed by atoms with Crippen LogP contribution in [0.4, 0.5) is 8.39 Å². The summed E-state index contributed by atoms with van der Waals surface area (Å²) in [5.41, 5.74) is 0.637. The highest BCUT2D eigenvalue weighted by molar-refractivity contribution is 7.48. The molecule has 4 nitrogen and oxygen atoms in total. The fourth-order valence-corrected chi connectivity index (χ4v) is 1.27. The molecule has 0 bridgehead atoms. The Morgan fingerprint density at radius 3 is 2.40 bits per heavy atom. The van der Waals surface area contributed by atoms with Crippen molar-refractivity contribution in [3.05, 3.63) is 29.8 Å². The largest absolute Gasteiger partial charge is 0.610 e. The molecule has 80 valence electrons. The third-order valence-corrected chi connectivity index (χ3v) is 1.88. The van der Waals surface area contributed by atoms with Crippen LogP contribution in [0.3, 0.4) is 0 Å². The van der Waals surface area contributed by atoms with E-state index >= 15 is 0 Å². The first-order chi connectivity index (χ1) is 7.01. The van der Waals surface area contributed by atoms with Crippen LogP contribution in [0.1, 0.15) is 5.56 Å². The van der Waals surface area contributed by atoms with E-state index in [0.29, 0.717) is 5.56 Å². The van der Waals surface area contributed by atoms with Gasteiger partial charge in [0.25, 0.3) is 0 Å². The number of isocyanates is 1. The predicted molar refractivity (Wildman–Crippen MR) is 48.7 cm³/mol. The number of aliphatic imine (C=N–C) groups is 1. The first kappa shape index (κ1) is 11.6. The summed E-state index contributed by atoms with van der Waals surface area (Å²) in [6, 6.07) is 5.32. The smallest absolute Gasteiger partial charge is 0.398 e. The number of hydrogen-bond acceptors (Lipinski definition) is 4. The van der Waals surface area contributed by atoms with Gasteiger partial charge in [0.2, 0.25) is 6.08 Å². The molecule has 15 heavy (non-hydrogen) atoms. The van der Waals surface area contributed by atoms with Gasteiger partial charge in [0.1, 0.15) is 5.75 Å². The second-order valence-electron chi connectivity index (χ2n) is 2.56. The van der Waals surface area contributed by atoms with E-state index in [9.17, 15) is 17.8 Å². The zero-order valence-corrected chi connectivity index (χ0v) is 8.29. The van der Waals surface area contributed by atoms with Crippen LogP contribution in [0, 0.1) is 0 Å². The molecule has 0 saturated carbocycles. The van der Waals surface area contributed by atoms with Crippen LogP contribution in [0.5, 0.6) is 5.75 Å². The lowest BCUT2D eigenvalue weighted by Crippen LogP contribution is -1.85. The first-order valence-corrected chi connectivity index (χ1v) is 5.23. The van der Waals surface area contributed by atoms with Crippen LogP contribution in [-0.4, -0.2) is 6.08 Å². The van der Waals surface area contributed by atoms with E-state index in [1.807, 2.05) is 0 Å². The van der Waals surface area contributed by atoms with Gasteiger partial charge in [-0.05, 0) is 17.7 Å². The van der Waals surface area contributed by atoms with Gasteiger partial charge in [0.05, 0.1) is 6.54 Å². The normalized spacial score (nSPS) is 10.5. The molecule has 0 aliphatic carbocycles. The maximum absolute atomic E-state index is 12.0. The average Bonchev–Trinajstić information content (AvgIpc) is 2.14. The van der Waals surface area contributed by atoms with E-state index in [4.69, 9.17) is 0 Å². The van der Waals surface area contributed by atoms with Crippen molar-refractivity contribution in [3.63, 3.8) is 0 Å². The molecule has 0 amide bonds. The van der Waals surface area contributed by atoms with Crippen LogP contribution in [0.15, 0.2) is 29.3 Å². The Morgan fingerprint density at radius 2 is 1.93 bits per heavy atom. The molecule has 0 saturated heterocycles. The number of carbonyl (C=O) groups excluding carboxylic acids is 1. The van der Waals surface area contributed by atoms with Crippen molar-refractivity contribution in [1.82, 2.24) is 0 Å². The van der Waals surface area contributed by atoms with Gasteiger partial charge >= 0.3 is 7.99 Å². The van der Waals surface area contributed by atoms with Crippen LogP contribution in [-0.2, 0) is 15.9 Å². The summed E-state index contributed by atoms with van der Waals surface area (Å²) in [5.74, 6) is -0.192. The lowest BCUT2D eigenvalue weighted by Gasteiger charge is -2.03. The Balaban J connectivity index is 2.72. The molecule has 1 aromatic carbocycles. The molecule has 0 aliphatic rings. The Bertz CT molecular complexity index is 422. The van der Waals surface area contributed by atoms with Gasteiger partial charge in [-0.1, -0.05) is 12.1 Å². The van der Waals surface area contributed by atoms with Crippen molar-refractivity contribution in [1.29, 1.82) is 0 Å². The average molecular weight is 233 g/mol. The molecule has 0 unspecified atom stereocenters. The monoisotopic (exact) mass is 233 g/mol. The Labute approximate surface area is 84.3 Å². The van der Waals surface area contributed by atoms with Crippen molar-refractivity contribution in [2.24, 2.45) is 4.99 Å². The van der Waals surface area contributed by atoms with Gasteiger partial charge in [-0.3, -0.25) is 0 Å². The molecule has 0 radical (unpaired) electrons. The molecule has 0 aromatic heterocycles. The summed E-state index contributed by atoms with van der Waals surface area (Å²) in [4.78, 5) is 13.1. The summed E-state index contributed by atoms with van der Waals surface area (Å²) in [7, 11) is -5.51. The third-order valence-electron chi connectivity index (χ3n) is 1.46. The third kappa shape index (κ3) is 4.49. The number of benzene rings is 1. The maximum atomic E-state index is 12.0. The Hall–Kier alpha value is -1.51. The van der Waals surface area contributed by atoms with E-state index in [0.717, 1.165) is 0 Å². The van der Waals surface area contributed by atoms with E-state index < -0.39 is 7.99 Å². The minimum Gasteiger partial charge on any atom is -0.398 e. The van der Waals surface area contributed by atoms with E-state index in [1.165, 1.54) is 30.3 Å². The second kappa shape index (κ2) is 4.82. The summed E-state index contributed by atoms with van der Waals surface area (Å²) in [6.45, 7) is 0.118. The summed E-state index contributed by atoms with van der Waals surface area (Å²) in [6.07, 6.45) is 1.35. The summed E-state index contributed by atoms with van der Waals surface area (Å²) in [5, 5.41) is 0. The van der Waals surface area contributed by atoms with Crippen LogP contribution in [0.2, 0.25) is 0 Å². The van der Waals surface area contributed by atoms with Crippen molar-refractivity contribution >= 4 is 14.1 Å². The summed E-state index contributed by atoms with van der Waals surface area (Å²) < 4.78 is 37.8. The van der Waals surface area contributed by atoms with Crippen molar-refractivity contribution in [2.45, 2.75) is 6.54 Å². The summed E-state index contributed by atoms with van der Waals surface area (Å²) >= 11 is 0. The van der Waals surface area contributed by atoms with Gasteiger partial charge < -0.3 is 4.52 Å². The SMILES string of the molecule is O=C=NCc1ccc(OP(=O)(F)F)cc1. The van der Waals surface area contributed by atoms with Gasteiger partial charge in [0, 0.05) is 0 Å². The Kier molecular flexibility index (Phi) is 3.72. The minimum absolute atomic E-state index is 0.118. The molecular formula is C8H6F2NO3P. The van der Waals surface area contributed by atoms with Crippen molar-refractivity contribution < 1.29 is 22.3 Å². The molecule has 0 N–H and O–H groups in total. The molecular weight excluding hydrogens is 227 g/mol. The van der Waals surface area contributed by atoms with Gasteiger partial charge in [-0.25, -0.2) is 14.4 Å². The fourth-order valence-electron chi connectivity index (χ4n) is 0.902. The van der Waals surface area contributed by atoms with Gasteiger partial charge in [0.15, 0.2) is 0 Å². The lowest BCUT2D eigenvalue weighted by molar-refractivity contribution is 0.383. The quantitative estimate of drug-likeness (QED) is 0.456. The highest BCUT2D eigenvalue weighted by Gasteiger charge is 2.22.